The number of nitrogens with zero attached hydrogens (tertiary/aromatic N) is 5. The molecule has 2 N–H and O–H groups in total. The molecule has 25 heavy (non-hydrogen) atoms. The first-order valence-corrected chi connectivity index (χ1v) is 7.61. The highest BCUT2D eigenvalue weighted by atomic mass is 19.1. The van der Waals surface area contributed by atoms with E-state index < -0.39 is 11.4 Å². The number of guanidine groups is 1. The third-order valence-electron chi connectivity index (χ3n) is 4.39. The minimum Gasteiger partial charge on any atom is -0.369 e. The maximum Gasteiger partial charge on any atom is 0.231 e. The Labute approximate surface area is 144 Å². The summed E-state index contributed by atoms with van der Waals surface area (Å²) in [6, 6.07) is 7.84. The quantitative estimate of drug-likeness (QED) is 0.895. The highest BCUT2D eigenvalue weighted by Gasteiger charge is 2.38. The van der Waals surface area contributed by atoms with E-state index >= 15 is 0 Å². The molecular formula is C17H17FN6O. The fraction of sp³-hybridized carbons (Fsp3) is 0.294. The van der Waals surface area contributed by atoms with Crippen molar-refractivity contribution in [1.29, 1.82) is 5.26 Å². The average molecular weight is 340 g/mol. The number of hydrogen-bond donors (Lipinski definition) is 1. The molecule has 1 amide bonds. The summed E-state index contributed by atoms with van der Waals surface area (Å²) >= 11 is 0. The van der Waals surface area contributed by atoms with Gasteiger partial charge in [-0.1, -0.05) is 0 Å². The summed E-state index contributed by atoms with van der Waals surface area (Å²) in [7, 11) is 3.32. The van der Waals surface area contributed by atoms with Crippen molar-refractivity contribution in [1.82, 2.24) is 14.7 Å². The van der Waals surface area contributed by atoms with Gasteiger partial charge in [-0.3, -0.25) is 14.4 Å². The maximum absolute atomic E-state index is 13.5. The van der Waals surface area contributed by atoms with Crippen molar-refractivity contribution >= 4 is 11.9 Å². The molecule has 1 aliphatic rings. The molecule has 2 aromatic rings. The van der Waals surface area contributed by atoms with Crippen LogP contribution in [0, 0.1) is 17.1 Å². The van der Waals surface area contributed by atoms with E-state index in [0.717, 1.165) is 0 Å². The summed E-state index contributed by atoms with van der Waals surface area (Å²) in [4.78, 5) is 17.9. The van der Waals surface area contributed by atoms with Crippen molar-refractivity contribution in [3.05, 3.63) is 41.3 Å². The van der Waals surface area contributed by atoms with Crippen LogP contribution in [0.5, 0.6) is 0 Å². The Bertz CT molecular complexity index is 941. The van der Waals surface area contributed by atoms with Crippen molar-refractivity contribution in [2.45, 2.75) is 18.9 Å². The van der Waals surface area contributed by atoms with E-state index in [1.165, 1.54) is 17.0 Å². The van der Waals surface area contributed by atoms with Gasteiger partial charge < -0.3 is 5.73 Å². The molecule has 8 heteroatoms. The molecular weight excluding hydrogens is 323 g/mol. The summed E-state index contributed by atoms with van der Waals surface area (Å²) in [6.45, 7) is 1.82. The first kappa shape index (κ1) is 16.6. The summed E-state index contributed by atoms with van der Waals surface area (Å²) in [6.07, 6.45) is 0.163. The van der Waals surface area contributed by atoms with Crippen LogP contribution in [0.25, 0.3) is 11.3 Å². The van der Waals surface area contributed by atoms with Crippen molar-refractivity contribution < 1.29 is 9.18 Å². The molecule has 0 fully saturated rings. The normalized spacial score (nSPS) is 20.4. The molecule has 1 aromatic carbocycles. The van der Waals surface area contributed by atoms with Gasteiger partial charge in [0.25, 0.3) is 0 Å². The molecule has 0 spiro atoms. The van der Waals surface area contributed by atoms with Gasteiger partial charge in [-0.15, -0.1) is 0 Å². The Balaban J connectivity index is 2.07. The molecule has 1 aliphatic heterocycles. The third-order valence-corrected chi connectivity index (χ3v) is 4.39. The van der Waals surface area contributed by atoms with E-state index in [-0.39, 0.29) is 23.9 Å². The SMILES string of the molecule is CN1C(=O)C[C@](C)(c2cc(-c3ccc(F)c(C#N)c3)nn2C)N=C1N. The number of aliphatic imine (C=N–C) groups is 1. The van der Waals surface area contributed by atoms with Crippen LogP contribution in [0.3, 0.4) is 0 Å². The van der Waals surface area contributed by atoms with Crippen LogP contribution >= 0.6 is 0 Å². The smallest absolute Gasteiger partial charge is 0.231 e. The minimum atomic E-state index is -0.842. The maximum atomic E-state index is 13.5. The van der Waals surface area contributed by atoms with Crippen molar-refractivity contribution in [2.75, 3.05) is 7.05 Å². The number of carbonyl (C=O) groups is 1. The molecule has 1 atom stereocenters. The largest absolute Gasteiger partial charge is 0.369 e. The van der Waals surface area contributed by atoms with Crippen LogP contribution in [0.15, 0.2) is 29.3 Å². The predicted octanol–water partition coefficient (Wildman–Crippen LogP) is 1.49. The van der Waals surface area contributed by atoms with Gasteiger partial charge in [0.05, 0.1) is 23.4 Å². The van der Waals surface area contributed by atoms with Crippen molar-refractivity contribution in [2.24, 2.45) is 17.8 Å². The molecule has 7 nitrogen and oxygen atoms in total. The molecule has 0 radical (unpaired) electrons. The first-order chi connectivity index (χ1) is 11.7. The average Bonchev–Trinajstić information content (AvgIpc) is 2.96. The highest BCUT2D eigenvalue weighted by Crippen LogP contribution is 2.34. The predicted molar refractivity (Wildman–Crippen MR) is 89.7 cm³/mol. The number of benzene rings is 1. The van der Waals surface area contributed by atoms with E-state index in [1.54, 1.807) is 30.9 Å². The van der Waals surface area contributed by atoms with Gasteiger partial charge in [0.2, 0.25) is 5.91 Å². The molecule has 128 valence electrons. The van der Waals surface area contributed by atoms with Crippen LogP contribution in [0.4, 0.5) is 4.39 Å². The van der Waals surface area contributed by atoms with Crippen molar-refractivity contribution in [3.63, 3.8) is 0 Å². The van der Waals surface area contributed by atoms with Gasteiger partial charge in [-0.2, -0.15) is 10.4 Å². The van der Waals surface area contributed by atoms with E-state index in [2.05, 4.69) is 10.1 Å². The monoisotopic (exact) mass is 340 g/mol. The highest BCUT2D eigenvalue weighted by molar-refractivity contribution is 5.98. The van der Waals surface area contributed by atoms with E-state index in [1.807, 2.05) is 13.0 Å². The minimum absolute atomic E-state index is 0.0485. The zero-order valence-corrected chi connectivity index (χ0v) is 14.1. The second kappa shape index (κ2) is 5.70. The van der Waals surface area contributed by atoms with Gasteiger partial charge in [0, 0.05) is 19.7 Å². The van der Waals surface area contributed by atoms with Crippen LogP contribution < -0.4 is 5.73 Å². The number of amides is 1. The van der Waals surface area contributed by atoms with E-state index in [0.29, 0.717) is 17.0 Å². The third kappa shape index (κ3) is 2.74. The number of aromatic nitrogens is 2. The van der Waals surface area contributed by atoms with Gasteiger partial charge in [-0.25, -0.2) is 9.38 Å². The zero-order chi connectivity index (χ0) is 18.4. The fourth-order valence-corrected chi connectivity index (χ4v) is 2.94. The molecule has 0 aliphatic carbocycles. The van der Waals surface area contributed by atoms with Crippen LogP contribution in [0.2, 0.25) is 0 Å². The summed E-state index contributed by atoms with van der Waals surface area (Å²) in [5.41, 5.74) is 6.84. The number of rotatable bonds is 2. The van der Waals surface area contributed by atoms with Crippen LogP contribution in [0.1, 0.15) is 24.6 Å². The standard InChI is InChI=1S/C17H17FN6O/c1-17(8-15(25)23(2)16(20)21-17)14-7-13(22-24(14)3)10-4-5-12(18)11(6-10)9-19/h4-7H,8H2,1-3H3,(H2,20,21)/t17-/m1/s1. The summed E-state index contributed by atoms with van der Waals surface area (Å²) in [5, 5.41) is 13.4. The van der Waals surface area contributed by atoms with E-state index in [4.69, 9.17) is 11.0 Å². The van der Waals surface area contributed by atoms with Gasteiger partial charge in [0.15, 0.2) is 5.96 Å². The second-order valence-corrected chi connectivity index (χ2v) is 6.22. The number of aryl methyl sites for hydroxylation is 1. The molecule has 2 heterocycles. The van der Waals surface area contributed by atoms with Gasteiger partial charge in [0.1, 0.15) is 17.4 Å². The number of hydrogen-bond acceptors (Lipinski definition) is 5. The van der Waals surface area contributed by atoms with Gasteiger partial charge in [-0.05, 0) is 31.2 Å². The number of nitrogens with two attached hydrogens (primary N) is 1. The Kier molecular flexibility index (Phi) is 3.80. The molecule has 0 unspecified atom stereocenters. The molecule has 3 rings (SSSR count). The lowest BCUT2D eigenvalue weighted by Gasteiger charge is -2.33. The van der Waals surface area contributed by atoms with Crippen molar-refractivity contribution in [3.8, 4) is 17.3 Å². The fourth-order valence-electron chi connectivity index (χ4n) is 2.94. The summed E-state index contributed by atoms with van der Waals surface area (Å²) in [5.74, 6) is -0.561. The molecule has 0 saturated carbocycles. The first-order valence-electron chi connectivity index (χ1n) is 7.61. The molecule has 0 saturated heterocycles. The second-order valence-electron chi connectivity index (χ2n) is 6.22. The lowest BCUT2D eigenvalue weighted by molar-refractivity contribution is -0.128. The van der Waals surface area contributed by atoms with E-state index in [9.17, 15) is 9.18 Å². The Morgan fingerprint density at radius 2 is 2.08 bits per heavy atom. The number of nitriles is 1. The zero-order valence-electron chi connectivity index (χ0n) is 14.1. The molecule has 1 aromatic heterocycles. The lowest BCUT2D eigenvalue weighted by atomic mass is 9.91. The Morgan fingerprint density at radius 1 is 1.36 bits per heavy atom. The molecule has 0 bridgehead atoms. The van der Waals surface area contributed by atoms with Crippen LogP contribution in [-0.2, 0) is 17.4 Å². The number of halogens is 1. The Hall–Kier alpha value is -3.21. The van der Waals surface area contributed by atoms with Crippen LogP contribution in [-0.4, -0.2) is 33.6 Å². The summed E-state index contributed by atoms with van der Waals surface area (Å²) < 4.78 is 15.1. The van der Waals surface area contributed by atoms with Gasteiger partial charge >= 0.3 is 0 Å². The number of carbonyl (C=O) groups excluding carboxylic acids is 1. The Morgan fingerprint density at radius 3 is 2.72 bits per heavy atom. The topological polar surface area (TPSA) is 100 Å². The lowest BCUT2D eigenvalue weighted by Crippen LogP contribution is -2.48.